The van der Waals surface area contributed by atoms with Gasteiger partial charge in [-0.25, -0.2) is 0 Å². The van der Waals surface area contributed by atoms with Crippen LogP contribution in [0.15, 0.2) is 12.1 Å². The molecule has 0 aliphatic heterocycles. The summed E-state index contributed by atoms with van der Waals surface area (Å²) in [5.74, 6) is 2.31. The van der Waals surface area contributed by atoms with Crippen molar-refractivity contribution in [3.05, 3.63) is 21.9 Å². The Bertz CT molecular complexity index is 341. The zero-order valence-corrected chi connectivity index (χ0v) is 14.1. The van der Waals surface area contributed by atoms with Crippen LogP contribution in [0, 0.1) is 17.8 Å². The topological polar surface area (TPSA) is 12.0 Å². The Hall–Kier alpha value is -0.340. The van der Waals surface area contributed by atoms with Crippen molar-refractivity contribution >= 4 is 11.3 Å². The fourth-order valence-electron chi connectivity index (χ4n) is 2.49. The van der Waals surface area contributed by atoms with E-state index in [1.165, 1.54) is 24.1 Å². The fourth-order valence-corrected chi connectivity index (χ4v) is 3.56. The van der Waals surface area contributed by atoms with E-state index in [9.17, 15) is 0 Å². The Labute approximate surface area is 123 Å². The standard InChI is InChI=1S/C17H31NS/c1-6-16-7-8-17(19-16)10-15(9-13(2)3)12-18-11-14(4)5/h7-8,13-15,18H,6,9-12H2,1-5H3. The molecule has 0 aliphatic rings. The lowest BCUT2D eigenvalue weighted by atomic mass is 9.93. The first-order valence-electron chi connectivity index (χ1n) is 7.79. The SMILES string of the molecule is CCc1ccc(CC(CNCC(C)C)CC(C)C)s1. The third-order valence-electron chi connectivity index (χ3n) is 3.35. The first kappa shape index (κ1) is 16.7. The van der Waals surface area contributed by atoms with Crippen molar-refractivity contribution in [1.29, 1.82) is 0 Å². The van der Waals surface area contributed by atoms with Gasteiger partial charge in [0.05, 0.1) is 0 Å². The Morgan fingerprint density at radius 1 is 1.00 bits per heavy atom. The Kier molecular flexibility index (Phi) is 7.70. The van der Waals surface area contributed by atoms with Gasteiger partial charge in [0.25, 0.3) is 0 Å². The summed E-state index contributed by atoms with van der Waals surface area (Å²) in [6.07, 6.45) is 3.74. The molecule has 19 heavy (non-hydrogen) atoms. The Morgan fingerprint density at radius 2 is 1.68 bits per heavy atom. The first-order chi connectivity index (χ1) is 9.01. The summed E-state index contributed by atoms with van der Waals surface area (Å²) in [5, 5.41) is 3.64. The lowest BCUT2D eigenvalue weighted by molar-refractivity contribution is 0.378. The molecule has 1 N–H and O–H groups in total. The molecule has 110 valence electrons. The van der Waals surface area contributed by atoms with Crippen molar-refractivity contribution in [1.82, 2.24) is 5.32 Å². The summed E-state index contributed by atoms with van der Waals surface area (Å²) in [4.78, 5) is 3.09. The molecule has 0 saturated carbocycles. The van der Waals surface area contributed by atoms with Crippen LogP contribution in [0.3, 0.4) is 0 Å². The predicted molar refractivity (Wildman–Crippen MR) is 88.1 cm³/mol. The van der Waals surface area contributed by atoms with Gasteiger partial charge in [0.15, 0.2) is 0 Å². The zero-order chi connectivity index (χ0) is 14.3. The number of hydrogen-bond donors (Lipinski definition) is 1. The Morgan fingerprint density at radius 3 is 2.21 bits per heavy atom. The quantitative estimate of drug-likeness (QED) is 0.688. The maximum absolute atomic E-state index is 3.64. The van der Waals surface area contributed by atoms with Gasteiger partial charge in [0.2, 0.25) is 0 Å². The highest BCUT2D eigenvalue weighted by molar-refractivity contribution is 7.11. The molecule has 0 saturated heterocycles. The second-order valence-corrected chi connectivity index (χ2v) is 7.73. The monoisotopic (exact) mass is 281 g/mol. The van der Waals surface area contributed by atoms with E-state index in [-0.39, 0.29) is 0 Å². The molecule has 0 aromatic carbocycles. The fraction of sp³-hybridized carbons (Fsp3) is 0.765. The van der Waals surface area contributed by atoms with E-state index in [0.29, 0.717) is 0 Å². The molecule has 1 atom stereocenters. The highest BCUT2D eigenvalue weighted by atomic mass is 32.1. The molecule has 0 amide bonds. The summed E-state index contributed by atoms with van der Waals surface area (Å²) < 4.78 is 0. The van der Waals surface area contributed by atoms with Gasteiger partial charge in [0, 0.05) is 9.75 Å². The molecule has 1 heterocycles. The highest BCUT2D eigenvalue weighted by Crippen LogP contribution is 2.23. The third kappa shape index (κ3) is 7.12. The second kappa shape index (κ2) is 8.76. The number of thiophene rings is 1. The molecule has 0 aliphatic carbocycles. The lowest BCUT2D eigenvalue weighted by Gasteiger charge is -2.20. The van der Waals surface area contributed by atoms with Crippen LogP contribution in [0.1, 0.15) is 50.8 Å². The van der Waals surface area contributed by atoms with Crippen molar-refractivity contribution in [2.75, 3.05) is 13.1 Å². The van der Waals surface area contributed by atoms with E-state index < -0.39 is 0 Å². The molecule has 0 bridgehead atoms. The molecule has 0 fully saturated rings. The van der Waals surface area contributed by atoms with Crippen LogP contribution in [-0.4, -0.2) is 13.1 Å². The molecule has 0 spiro atoms. The minimum Gasteiger partial charge on any atom is -0.316 e. The van der Waals surface area contributed by atoms with Crippen molar-refractivity contribution in [3.8, 4) is 0 Å². The van der Waals surface area contributed by atoms with Crippen LogP contribution >= 0.6 is 11.3 Å². The molecule has 1 unspecified atom stereocenters. The summed E-state index contributed by atoms with van der Waals surface area (Å²) in [6.45, 7) is 13.8. The van der Waals surface area contributed by atoms with Crippen molar-refractivity contribution < 1.29 is 0 Å². The van der Waals surface area contributed by atoms with E-state index >= 15 is 0 Å². The summed E-state index contributed by atoms with van der Waals surface area (Å²) in [6, 6.07) is 4.63. The van der Waals surface area contributed by atoms with Crippen LogP contribution in [0.2, 0.25) is 0 Å². The Balaban J connectivity index is 2.48. The van der Waals surface area contributed by atoms with Gasteiger partial charge in [-0.05, 0) is 62.2 Å². The van der Waals surface area contributed by atoms with Crippen LogP contribution in [0.4, 0.5) is 0 Å². The van der Waals surface area contributed by atoms with E-state index in [0.717, 1.165) is 30.8 Å². The number of hydrogen-bond acceptors (Lipinski definition) is 2. The smallest absolute Gasteiger partial charge is 0.00514 e. The molecular formula is C17H31NS. The molecular weight excluding hydrogens is 250 g/mol. The largest absolute Gasteiger partial charge is 0.316 e. The zero-order valence-electron chi connectivity index (χ0n) is 13.3. The molecule has 0 radical (unpaired) electrons. The average Bonchev–Trinajstić information content (AvgIpc) is 2.75. The maximum Gasteiger partial charge on any atom is 0.00514 e. The lowest BCUT2D eigenvalue weighted by Crippen LogP contribution is -2.28. The number of rotatable bonds is 9. The minimum atomic E-state index is 0.744. The number of nitrogens with one attached hydrogen (secondary N) is 1. The van der Waals surface area contributed by atoms with Gasteiger partial charge in [-0.2, -0.15) is 0 Å². The summed E-state index contributed by atoms with van der Waals surface area (Å²) in [5.41, 5.74) is 0. The third-order valence-corrected chi connectivity index (χ3v) is 4.60. The summed E-state index contributed by atoms with van der Waals surface area (Å²) in [7, 11) is 0. The number of aryl methyl sites for hydroxylation is 1. The van der Waals surface area contributed by atoms with Gasteiger partial charge < -0.3 is 5.32 Å². The van der Waals surface area contributed by atoms with E-state index in [1.54, 1.807) is 4.88 Å². The van der Waals surface area contributed by atoms with Gasteiger partial charge >= 0.3 is 0 Å². The first-order valence-corrected chi connectivity index (χ1v) is 8.61. The van der Waals surface area contributed by atoms with E-state index in [4.69, 9.17) is 0 Å². The van der Waals surface area contributed by atoms with Crippen LogP contribution in [-0.2, 0) is 12.8 Å². The maximum atomic E-state index is 3.64. The van der Waals surface area contributed by atoms with Gasteiger partial charge in [-0.15, -0.1) is 11.3 Å². The molecule has 1 aromatic rings. The normalized spacial score (nSPS) is 13.4. The van der Waals surface area contributed by atoms with E-state index in [2.05, 4.69) is 52.1 Å². The van der Waals surface area contributed by atoms with Gasteiger partial charge in [-0.3, -0.25) is 0 Å². The molecule has 1 nitrogen and oxygen atoms in total. The molecule has 2 heteroatoms. The average molecular weight is 282 g/mol. The highest BCUT2D eigenvalue weighted by Gasteiger charge is 2.13. The predicted octanol–water partition coefficient (Wildman–Crippen LogP) is 4.76. The van der Waals surface area contributed by atoms with Crippen molar-refractivity contribution in [2.24, 2.45) is 17.8 Å². The van der Waals surface area contributed by atoms with Crippen LogP contribution < -0.4 is 5.32 Å². The van der Waals surface area contributed by atoms with Crippen molar-refractivity contribution in [2.45, 2.75) is 53.9 Å². The van der Waals surface area contributed by atoms with Crippen molar-refractivity contribution in [3.63, 3.8) is 0 Å². The molecule has 1 rings (SSSR count). The second-order valence-electron chi connectivity index (χ2n) is 6.47. The van der Waals surface area contributed by atoms with Crippen LogP contribution in [0.5, 0.6) is 0 Å². The minimum absolute atomic E-state index is 0.744. The summed E-state index contributed by atoms with van der Waals surface area (Å²) >= 11 is 2.00. The van der Waals surface area contributed by atoms with Gasteiger partial charge in [0.1, 0.15) is 0 Å². The van der Waals surface area contributed by atoms with Crippen LogP contribution in [0.25, 0.3) is 0 Å². The van der Waals surface area contributed by atoms with Gasteiger partial charge in [-0.1, -0.05) is 34.6 Å². The molecule has 1 aromatic heterocycles. The van der Waals surface area contributed by atoms with E-state index in [1.807, 2.05) is 11.3 Å².